The zero-order chi connectivity index (χ0) is 19.6. The lowest BCUT2D eigenvalue weighted by Crippen LogP contribution is -2.23. The van der Waals surface area contributed by atoms with Gasteiger partial charge in [-0.25, -0.2) is 11.4 Å². The van der Waals surface area contributed by atoms with Gasteiger partial charge < -0.3 is 9.47 Å². The summed E-state index contributed by atoms with van der Waals surface area (Å²) in [4.78, 5) is 26.6. The third kappa shape index (κ3) is 3.08. The number of hydrogen-bond donors (Lipinski definition) is 0. The van der Waals surface area contributed by atoms with E-state index in [0.29, 0.717) is 24.4 Å². The van der Waals surface area contributed by atoms with Crippen LogP contribution < -0.4 is 0 Å². The molecule has 3 rings (SSSR count). The molecular weight excluding hydrogens is 342 g/mol. The van der Waals surface area contributed by atoms with Crippen LogP contribution in [0.2, 0.25) is 0 Å². The Morgan fingerprint density at radius 3 is 2.44 bits per heavy atom. The molecule has 0 spiro atoms. The number of fused-ring (bicyclic) bond motifs is 3. The van der Waals surface area contributed by atoms with Crippen molar-refractivity contribution in [2.45, 2.75) is 32.4 Å². The molecule has 5 heteroatoms. The Bertz CT molecular complexity index is 942. The van der Waals surface area contributed by atoms with E-state index in [1.165, 1.54) is 7.11 Å². The van der Waals surface area contributed by atoms with Crippen LogP contribution in [-0.2, 0) is 26.4 Å². The van der Waals surface area contributed by atoms with E-state index < -0.39 is 11.5 Å². The third-order valence-electron chi connectivity index (χ3n) is 4.92. The van der Waals surface area contributed by atoms with Crippen molar-refractivity contribution in [3.8, 4) is 11.1 Å². The first-order chi connectivity index (χ1) is 13.0. The van der Waals surface area contributed by atoms with Crippen molar-refractivity contribution >= 4 is 12.4 Å². The minimum Gasteiger partial charge on any atom is -0.465 e. The van der Waals surface area contributed by atoms with Gasteiger partial charge in [0.05, 0.1) is 12.7 Å². The van der Waals surface area contributed by atoms with Crippen molar-refractivity contribution in [2.75, 3.05) is 7.11 Å². The van der Waals surface area contributed by atoms with Crippen molar-refractivity contribution in [3.05, 3.63) is 70.1 Å². The molecule has 1 aliphatic rings. The van der Waals surface area contributed by atoms with Gasteiger partial charge in [-0.2, -0.15) is 0 Å². The number of methoxy groups -OCH3 is 1. The van der Waals surface area contributed by atoms with Crippen LogP contribution >= 0.6 is 0 Å². The Hall–Kier alpha value is -3.13. The van der Waals surface area contributed by atoms with Crippen molar-refractivity contribution < 1.29 is 19.1 Å². The molecule has 0 aromatic heterocycles. The average molecular weight is 363 g/mol. The van der Waals surface area contributed by atoms with Crippen molar-refractivity contribution in [3.63, 3.8) is 0 Å². The van der Waals surface area contributed by atoms with Gasteiger partial charge in [0, 0.05) is 17.5 Å². The van der Waals surface area contributed by atoms with Gasteiger partial charge in [0.2, 0.25) is 0 Å². The monoisotopic (exact) mass is 363 g/mol. The summed E-state index contributed by atoms with van der Waals surface area (Å²) in [6.45, 7) is 12.8. The van der Waals surface area contributed by atoms with E-state index in [-0.39, 0.29) is 6.61 Å². The summed E-state index contributed by atoms with van der Waals surface area (Å²) in [5.41, 5.74) is 4.09. The summed E-state index contributed by atoms with van der Waals surface area (Å²) in [6.07, 6.45) is 0.679. The summed E-state index contributed by atoms with van der Waals surface area (Å²) in [5, 5.41) is 0. The van der Waals surface area contributed by atoms with Gasteiger partial charge >= 0.3 is 5.97 Å². The van der Waals surface area contributed by atoms with E-state index in [0.717, 1.165) is 27.8 Å². The third-order valence-corrected chi connectivity index (χ3v) is 4.92. The maximum absolute atomic E-state index is 12.0. The summed E-state index contributed by atoms with van der Waals surface area (Å²) in [6, 6.07) is 11.1. The fourth-order valence-electron chi connectivity index (χ4n) is 3.89. The molecule has 1 aliphatic carbocycles. The van der Waals surface area contributed by atoms with Gasteiger partial charge in [-0.15, -0.1) is 0 Å². The quantitative estimate of drug-likeness (QED) is 0.435. The summed E-state index contributed by atoms with van der Waals surface area (Å²) < 4.78 is 9.72. The van der Waals surface area contributed by atoms with E-state index in [1.807, 2.05) is 24.3 Å². The molecular formula is C22H21NO4. The maximum atomic E-state index is 12.0. The molecule has 0 bridgehead atoms. The molecule has 2 aromatic carbocycles. The van der Waals surface area contributed by atoms with Crippen LogP contribution in [-0.4, -0.2) is 19.6 Å². The number of hydrogen-bond acceptors (Lipinski definition) is 4. The molecule has 1 atom stereocenters. The highest BCUT2D eigenvalue weighted by atomic mass is 16.5. The fraction of sp³-hybridized carbons (Fsp3) is 0.318. The standard InChI is InChI=1S/C22H21NO4/c1-14(2)11-22(23-3)19-7-5-15(12-27-13-24)9-17(19)18-10-16(21(25)26-4)6-8-20(18)22/h5-10,13-14H,11-12H2,1-2,4H3. The van der Waals surface area contributed by atoms with Crippen LogP contribution in [0.4, 0.5) is 0 Å². The number of rotatable bonds is 6. The first-order valence-corrected chi connectivity index (χ1v) is 8.77. The molecule has 0 amide bonds. The van der Waals surface area contributed by atoms with E-state index in [1.54, 1.807) is 12.1 Å². The zero-order valence-electron chi connectivity index (χ0n) is 15.6. The lowest BCUT2D eigenvalue weighted by atomic mass is 9.81. The number of carbonyl (C=O) groups excluding carboxylic acids is 2. The van der Waals surface area contributed by atoms with Crippen LogP contribution in [0, 0.1) is 12.5 Å². The van der Waals surface area contributed by atoms with Gasteiger partial charge in [-0.3, -0.25) is 9.64 Å². The first kappa shape index (κ1) is 18.7. The zero-order valence-corrected chi connectivity index (χ0v) is 15.6. The Labute approximate surface area is 158 Å². The average Bonchev–Trinajstić information content (AvgIpc) is 2.94. The summed E-state index contributed by atoms with van der Waals surface area (Å²) >= 11 is 0. The van der Waals surface area contributed by atoms with Crippen LogP contribution in [0.5, 0.6) is 0 Å². The van der Waals surface area contributed by atoms with Gasteiger partial charge in [-0.05, 0) is 52.9 Å². The van der Waals surface area contributed by atoms with Crippen molar-refractivity contribution in [1.82, 2.24) is 0 Å². The summed E-state index contributed by atoms with van der Waals surface area (Å²) in [5.74, 6) is -0.0970. The predicted octanol–water partition coefficient (Wildman–Crippen LogP) is 4.34. The molecule has 0 radical (unpaired) electrons. The topological polar surface area (TPSA) is 57.0 Å². The first-order valence-electron chi connectivity index (χ1n) is 8.77. The molecule has 0 saturated heterocycles. The fourth-order valence-corrected chi connectivity index (χ4v) is 3.89. The second kappa shape index (κ2) is 7.24. The number of carbonyl (C=O) groups is 2. The highest BCUT2D eigenvalue weighted by Crippen LogP contribution is 2.53. The van der Waals surface area contributed by atoms with E-state index in [9.17, 15) is 9.59 Å². The van der Waals surface area contributed by atoms with Crippen LogP contribution in [0.3, 0.4) is 0 Å². The number of esters is 1. The Morgan fingerprint density at radius 1 is 1.19 bits per heavy atom. The number of benzene rings is 2. The van der Waals surface area contributed by atoms with Gasteiger partial charge in [0.1, 0.15) is 6.61 Å². The van der Waals surface area contributed by atoms with Crippen LogP contribution in [0.25, 0.3) is 16.0 Å². The highest BCUT2D eigenvalue weighted by Gasteiger charge is 2.50. The molecule has 0 aliphatic heterocycles. The van der Waals surface area contributed by atoms with Gasteiger partial charge in [0.15, 0.2) is 0 Å². The Morgan fingerprint density at radius 2 is 1.85 bits per heavy atom. The number of nitrogens with zero attached hydrogens (tertiary/aromatic N) is 1. The molecule has 138 valence electrons. The molecule has 2 aromatic rings. The number of ether oxygens (including phenoxy) is 2. The molecule has 0 N–H and O–H groups in total. The van der Waals surface area contributed by atoms with E-state index in [2.05, 4.69) is 18.7 Å². The van der Waals surface area contributed by atoms with E-state index in [4.69, 9.17) is 16.0 Å². The van der Waals surface area contributed by atoms with Crippen LogP contribution in [0.15, 0.2) is 36.4 Å². The maximum Gasteiger partial charge on any atom is 0.337 e. The van der Waals surface area contributed by atoms with Crippen LogP contribution in [0.1, 0.15) is 47.3 Å². The second-order valence-electron chi connectivity index (χ2n) is 7.11. The predicted molar refractivity (Wildman–Crippen MR) is 101 cm³/mol. The second-order valence-corrected chi connectivity index (χ2v) is 7.11. The van der Waals surface area contributed by atoms with Gasteiger partial charge in [-0.1, -0.05) is 19.9 Å². The Balaban J connectivity index is 2.24. The molecule has 0 fully saturated rings. The smallest absolute Gasteiger partial charge is 0.337 e. The SMILES string of the molecule is [C-]#[N+]C1(CC(C)C)c2ccc(COC=O)cc2-c2cc(C(=O)OC)ccc21. The summed E-state index contributed by atoms with van der Waals surface area (Å²) in [7, 11) is 1.35. The molecule has 0 heterocycles. The van der Waals surface area contributed by atoms with E-state index >= 15 is 0 Å². The highest BCUT2D eigenvalue weighted by molar-refractivity contribution is 5.93. The van der Waals surface area contributed by atoms with Crippen molar-refractivity contribution in [1.29, 1.82) is 0 Å². The molecule has 1 unspecified atom stereocenters. The largest absolute Gasteiger partial charge is 0.465 e. The molecule has 0 saturated carbocycles. The minimum absolute atomic E-state index is 0.165. The molecule has 27 heavy (non-hydrogen) atoms. The lowest BCUT2D eigenvalue weighted by Gasteiger charge is -2.21. The van der Waals surface area contributed by atoms with Crippen molar-refractivity contribution in [2.24, 2.45) is 5.92 Å². The lowest BCUT2D eigenvalue weighted by molar-refractivity contribution is -0.129. The minimum atomic E-state index is -0.780. The molecule has 5 nitrogen and oxygen atoms in total. The normalized spacial score (nSPS) is 17.0. The Kier molecular flexibility index (Phi) is 5.00. The van der Waals surface area contributed by atoms with Gasteiger partial charge in [0.25, 0.3) is 12.0 Å².